The third kappa shape index (κ3) is 2.68. The molecule has 1 aromatic carbocycles. The Balaban J connectivity index is 2.15. The van der Waals surface area contributed by atoms with Gasteiger partial charge in [0.1, 0.15) is 0 Å². The minimum Gasteiger partial charge on any atom is -0.345 e. The zero-order valence-corrected chi connectivity index (χ0v) is 9.67. The summed E-state index contributed by atoms with van der Waals surface area (Å²) in [6.45, 7) is 0. The SMILES string of the molecule is SCCC#Cc1ccc(-c2cnc[nH]2)cc1. The largest absolute Gasteiger partial charge is 0.345 e. The van der Waals surface area contributed by atoms with E-state index in [1.807, 2.05) is 30.5 Å². The van der Waals surface area contributed by atoms with Crippen molar-refractivity contribution in [2.45, 2.75) is 6.42 Å². The van der Waals surface area contributed by atoms with Crippen LogP contribution in [0.25, 0.3) is 11.3 Å². The van der Waals surface area contributed by atoms with Crippen molar-refractivity contribution in [2.75, 3.05) is 5.75 Å². The van der Waals surface area contributed by atoms with Gasteiger partial charge in [-0.05, 0) is 17.7 Å². The summed E-state index contributed by atoms with van der Waals surface area (Å²) in [5.41, 5.74) is 3.18. The van der Waals surface area contributed by atoms with E-state index >= 15 is 0 Å². The van der Waals surface area contributed by atoms with Crippen molar-refractivity contribution in [2.24, 2.45) is 0 Å². The first-order valence-electron chi connectivity index (χ1n) is 5.08. The summed E-state index contributed by atoms with van der Waals surface area (Å²) in [4.78, 5) is 7.06. The number of thiol groups is 1. The van der Waals surface area contributed by atoms with E-state index in [2.05, 4.69) is 34.4 Å². The van der Waals surface area contributed by atoms with Gasteiger partial charge in [0.25, 0.3) is 0 Å². The van der Waals surface area contributed by atoms with Gasteiger partial charge in [-0.1, -0.05) is 24.0 Å². The van der Waals surface area contributed by atoms with Crippen molar-refractivity contribution in [1.29, 1.82) is 0 Å². The fourth-order valence-electron chi connectivity index (χ4n) is 1.37. The minimum atomic E-state index is 0.805. The molecule has 0 spiro atoms. The van der Waals surface area contributed by atoms with Crippen LogP contribution in [0.4, 0.5) is 0 Å². The smallest absolute Gasteiger partial charge is 0.0924 e. The molecule has 0 aliphatic carbocycles. The van der Waals surface area contributed by atoms with Crippen LogP contribution < -0.4 is 0 Å². The third-order valence-corrected chi connectivity index (χ3v) is 2.39. The summed E-state index contributed by atoms with van der Waals surface area (Å²) in [7, 11) is 0. The predicted molar refractivity (Wildman–Crippen MR) is 69.4 cm³/mol. The molecule has 2 rings (SSSR count). The normalized spacial score (nSPS) is 9.56. The van der Waals surface area contributed by atoms with Crippen LogP contribution in [0.2, 0.25) is 0 Å². The molecule has 0 unspecified atom stereocenters. The highest BCUT2D eigenvalue weighted by atomic mass is 32.1. The zero-order valence-electron chi connectivity index (χ0n) is 8.77. The number of aromatic nitrogens is 2. The number of nitrogens with one attached hydrogen (secondary N) is 1. The molecule has 1 heterocycles. The van der Waals surface area contributed by atoms with Gasteiger partial charge in [-0.15, -0.1) is 0 Å². The summed E-state index contributed by atoms with van der Waals surface area (Å²) in [6, 6.07) is 8.11. The maximum absolute atomic E-state index is 4.11. The van der Waals surface area contributed by atoms with Crippen LogP contribution in [-0.2, 0) is 0 Å². The zero-order chi connectivity index (χ0) is 11.2. The highest BCUT2D eigenvalue weighted by Gasteiger charge is 1.97. The van der Waals surface area contributed by atoms with Gasteiger partial charge in [-0.25, -0.2) is 4.98 Å². The molecule has 1 aromatic heterocycles. The molecule has 0 aliphatic heterocycles. The van der Waals surface area contributed by atoms with Crippen LogP contribution in [0, 0.1) is 11.8 Å². The Bertz CT molecular complexity index is 489. The van der Waals surface area contributed by atoms with E-state index in [1.54, 1.807) is 6.33 Å². The molecule has 1 N–H and O–H groups in total. The van der Waals surface area contributed by atoms with Gasteiger partial charge in [0.05, 0.1) is 18.2 Å². The molecular weight excluding hydrogens is 216 g/mol. The van der Waals surface area contributed by atoms with Crippen molar-refractivity contribution >= 4 is 12.6 Å². The van der Waals surface area contributed by atoms with Crippen LogP contribution in [-0.4, -0.2) is 15.7 Å². The van der Waals surface area contributed by atoms with Gasteiger partial charge < -0.3 is 4.98 Å². The molecule has 0 atom stereocenters. The van der Waals surface area contributed by atoms with Crippen LogP contribution in [0.3, 0.4) is 0 Å². The number of hydrogen-bond donors (Lipinski definition) is 2. The second-order valence-corrected chi connectivity index (χ2v) is 3.77. The summed E-state index contributed by atoms with van der Waals surface area (Å²) >= 11 is 4.11. The summed E-state index contributed by atoms with van der Waals surface area (Å²) in [5, 5.41) is 0. The number of nitrogens with zero attached hydrogens (tertiary/aromatic N) is 1. The first-order valence-corrected chi connectivity index (χ1v) is 5.72. The van der Waals surface area contributed by atoms with E-state index in [-0.39, 0.29) is 0 Å². The average molecular weight is 228 g/mol. The monoisotopic (exact) mass is 228 g/mol. The molecule has 0 bridgehead atoms. The van der Waals surface area contributed by atoms with E-state index < -0.39 is 0 Å². The van der Waals surface area contributed by atoms with E-state index in [4.69, 9.17) is 0 Å². The molecule has 0 saturated heterocycles. The topological polar surface area (TPSA) is 28.7 Å². The number of imidazole rings is 1. The lowest BCUT2D eigenvalue weighted by Gasteiger charge is -1.96. The molecular formula is C13H12N2S. The van der Waals surface area contributed by atoms with Gasteiger partial charge >= 0.3 is 0 Å². The maximum Gasteiger partial charge on any atom is 0.0924 e. The minimum absolute atomic E-state index is 0.805. The number of hydrogen-bond acceptors (Lipinski definition) is 2. The Kier molecular flexibility index (Phi) is 3.68. The Morgan fingerprint density at radius 1 is 1.25 bits per heavy atom. The average Bonchev–Trinajstić information content (AvgIpc) is 2.84. The summed E-state index contributed by atoms with van der Waals surface area (Å²) in [6.07, 6.45) is 4.31. The second-order valence-electron chi connectivity index (χ2n) is 3.32. The first-order chi connectivity index (χ1) is 7.90. The molecule has 16 heavy (non-hydrogen) atoms. The van der Waals surface area contributed by atoms with E-state index in [0.717, 1.165) is 29.0 Å². The molecule has 0 amide bonds. The Hall–Kier alpha value is -1.66. The van der Waals surface area contributed by atoms with Gasteiger partial charge in [0, 0.05) is 17.7 Å². The van der Waals surface area contributed by atoms with Crippen molar-refractivity contribution < 1.29 is 0 Å². The molecule has 0 fully saturated rings. The fourth-order valence-corrected chi connectivity index (χ4v) is 1.48. The van der Waals surface area contributed by atoms with Crippen LogP contribution in [0.5, 0.6) is 0 Å². The van der Waals surface area contributed by atoms with Crippen LogP contribution >= 0.6 is 12.6 Å². The van der Waals surface area contributed by atoms with Crippen LogP contribution in [0.15, 0.2) is 36.8 Å². The van der Waals surface area contributed by atoms with Crippen molar-refractivity contribution in [1.82, 2.24) is 9.97 Å². The number of aromatic amines is 1. The standard InChI is InChI=1S/C13H12N2S/c16-8-2-1-3-11-4-6-12(7-5-11)13-9-14-10-15-13/h4-7,9-10,16H,2,8H2,(H,14,15). The summed E-state index contributed by atoms with van der Waals surface area (Å²) in [5.74, 6) is 6.96. The molecule has 80 valence electrons. The van der Waals surface area contributed by atoms with E-state index in [0.29, 0.717) is 0 Å². The van der Waals surface area contributed by atoms with Gasteiger partial charge in [-0.2, -0.15) is 12.6 Å². The number of benzene rings is 1. The molecule has 0 radical (unpaired) electrons. The Morgan fingerprint density at radius 2 is 2.06 bits per heavy atom. The van der Waals surface area contributed by atoms with Crippen LogP contribution in [0.1, 0.15) is 12.0 Å². The van der Waals surface area contributed by atoms with Gasteiger partial charge in [0.2, 0.25) is 0 Å². The Morgan fingerprint density at radius 3 is 2.69 bits per heavy atom. The van der Waals surface area contributed by atoms with E-state index in [1.165, 1.54) is 0 Å². The highest BCUT2D eigenvalue weighted by molar-refractivity contribution is 7.80. The second kappa shape index (κ2) is 5.43. The maximum atomic E-state index is 4.11. The third-order valence-electron chi connectivity index (χ3n) is 2.16. The molecule has 2 nitrogen and oxygen atoms in total. The number of H-pyrrole nitrogens is 1. The van der Waals surface area contributed by atoms with Crippen molar-refractivity contribution in [3.05, 3.63) is 42.4 Å². The van der Waals surface area contributed by atoms with Gasteiger partial charge in [0.15, 0.2) is 0 Å². The van der Waals surface area contributed by atoms with E-state index in [9.17, 15) is 0 Å². The van der Waals surface area contributed by atoms with Crippen molar-refractivity contribution in [3.63, 3.8) is 0 Å². The highest BCUT2D eigenvalue weighted by Crippen LogP contribution is 2.15. The van der Waals surface area contributed by atoms with Gasteiger partial charge in [-0.3, -0.25) is 0 Å². The first kappa shape index (κ1) is 10.8. The molecule has 0 saturated carbocycles. The lowest BCUT2D eigenvalue weighted by atomic mass is 10.1. The lowest BCUT2D eigenvalue weighted by Crippen LogP contribution is -1.79. The number of rotatable bonds is 2. The molecule has 2 aromatic rings. The molecule has 3 heteroatoms. The predicted octanol–water partition coefficient (Wildman–Crippen LogP) is 2.75. The fraction of sp³-hybridized carbons (Fsp3) is 0.154. The Labute approximate surface area is 101 Å². The summed E-state index contributed by atoms with van der Waals surface area (Å²) < 4.78 is 0. The van der Waals surface area contributed by atoms with Crippen molar-refractivity contribution in [3.8, 4) is 23.1 Å². The lowest BCUT2D eigenvalue weighted by molar-refractivity contribution is 1.31. The quantitative estimate of drug-likeness (QED) is 0.600. The molecule has 0 aliphatic rings.